The van der Waals surface area contributed by atoms with E-state index in [0.29, 0.717) is 59.6 Å². The van der Waals surface area contributed by atoms with Gasteiger partial charge >= 0.3 is 0 Å². The van der Waals surface area contributed by atoms with Crippen molar-refractivity contribution in [2.75, 3.05) is 45.9 Å². The van der Waals surface area contributed by atoms with Crippen LogP contribution in [0.15, 0.2) is 77.9 Å². The van der Waals surface area contributed by atoms with Crippen molar-refractivity contribution in [1.82, 2.24) is 14.8 Å². The van der Waals surface area contributed by atoms with Crippen molar-refractivity contribution in [3.05, 3.63) is 105 Å². The van der Waals surface area contributed by atoms with Gasteiger partial charge in [0, 0.05) is 43.2 Å². The van der Waals surface area contributed by atoms with E-state index < -0.39 is 11.9 Å². The molecule has 2 amide bonds. The molecule has 1 fully saturated rings. The third kappa shape index (κ3) is 6.53. The fraction of sp³-hybridized carbons (Fsp3) is 0.300. The molecule has 0 radical (unpaired) electrons. The van der Waals surface area contributed by atoms with Crippen molar-refractivity contribution in [3.8, 4) is 0 Å². The Labute approximate surface area is 242 Å². The average Bonchev–Trinajstić information content (AvgIpc) is 3.42. The van der Waals surface area contributed by atoms with E-state index in [1.165, 1.54) is 16.0 Å². The molecule has 0 N–H and O–H groups in total. The predicted molar refractivity (Wildman–Crippen MR) is 153 cm³/mol. The second-order valence-electron chi connectivity index (χ2n) is 9.70. The molecule has 7 nitrogen and oxygen atoms in total. The number of hydrogen-bond acceptors (Lipinski definition) is 5. The van der Waals surface area contributed by atoms with Gasteiger partial charge in [-0.2, -0.15) is 5.10 Å². The molecular weight excluding hydrogens is 554 g/mol. The van der Waals surface area contributed by atoms with Gasteiger partial charge in [0.15, 0.2) is 0 Å². The highest BCUT2D eigenvalue weighted by Gasteiger charge is 2.35. The molecule has 2 heterocycles. The van der Waals surface area contributed by atoms with Gasteiger partial charge in [-0.05, 0) is 35.9 Å². The second-order valence-corrected chi connectivity index (χ2v) is 10.5. The van der Waals surface area contributed by atoms with Gasteiger partial charge < -0.3 is 9.64 Å². The van der Waals surface area contributed by atoms with Crippen LogP contribution in [0.2, 0.25) is 10.0 Å². The van der Waals surface area contributed by atoms with Crippen molar-refractivity contribution >= 4 is 40.7 Å². The number of carbonyl (C=O) groups excluding carboxylic acids is 2. The lowest BCUT2D eigenvalue weighted by Gasteiger charge is -2.31. The molecule has 5 rings (SSSR count). The van der Waals surface area contributed by atoms with Crippen LogP contribution in [0, 0.1) is 5.82 Å². The maximum absolute atomic E-state index is 14.7. The molecule has 3 aromatic carbocycles. The number of morpholine rings is 1. The number of amides is 2. The standard InChI is InChI=1S/C30H29Cl2FN4O3/c31-22-11-9-21(10-12-22)28-19-27(24-6-2-4-8-26(24)33)34-37(28)29(38)20-36(14-13-35-15-17-40-18-16-35)30(39)23-5-1-3-7-25(23)32/h1-12,28H,13-20H2/t28-/m1/s1. The lowest BCUT2D eigenvalue weighted by molar-refractivity contribution is -0.133. The Morgan fingerprint density at radius 3 is 2.40 bits per heavy atom. The summed E-state index contributed by atoms with van der Waals surface area (Å²) >= 11 is 12.5. The van der Waals surface area contributed by atoms with E-state index in [1.54, 1.807) is 54.6 Å². The Balaban J connectivity index is 1.43. The van der Waals surface area contributed by atoms with Crippen molar-refractivity contribution < 1.29 is 18.7 Å². The number of halogens is 3. The maximum Gasteiger partial charge on any atom is 0.262 e. The van der Waals surface area contributed by atoms with Gasteiger partial charge in [-0.1, -0.05) is 65.7 Å². The van der Waals surface area contributed by atoms with Gasteiger partial charge in [0.2, 0.25) is 0 Å². The first-order valence-corrected chi connectivity index (χ1v) is 13.9. The van der Waals surface area contributed by atoms with Crippen LogP contribution in [-0.4, -0.2) is 78.3 Å². The van der Waals surface area contributed by atoms with Crippen LogP contribution in [-0.2, 0) is 9.53 Å². The Bertz CT molecular complexity index is 1400. The van der Waals surface area contributed by atoms with Gasteiger partial charge in [-0.25, -0.2) is 9.40 Å². The van der Waals surface area contributed by atoms with E-state index in [9.17, 15) is 14.0 Å². The first-order chi connectivity index (χ1) is 19.4. The summed E-state index contributed by atoms with van der Waals surface area (Å²) in [6.07, 6.45) is 0.320. The third-order valence-corrected chi connectivity index (χ3v) is 7.69. The SMILES string of the molecule is O=C(c1ccccc1Cl)N(CCN1CCOCC1)CC(=O)N1N=C(c2ccccc2F)C[C@@H]1c1ccc(Cl)cc1. The van der Waals surface area contributed by atoms with Gasteiger partial charge in [-0.3, -0.25) is 14.5 Å². The number of hydrogen-bond donors (Lipinski definition) is 0. The zero-order valence-corrected chi connectivity index (χ0v) is 23.3. The molecule has 10 heteroatoms. The van der Waals surface area contributed by atoms with Crippen molar-refractivity contribution in [1.29, 1.82) is 0 Å². The van der Waals surface area contributed by atoms with Crippen LogP contribution in [0.1, 0.15) is 33.9 Å². The highest BCUT2D eigenvalue weighted by molar-refractivity contribution is 6.33. The first kappa shape index (κ1) is 28.2. The summed E-state index contributed by atoms with van der Waals surface area (Å²) < 4.78 is 20.1. The molecule has 0 saturated carbocycles. The fourth-order valence-corrected chi connectivity index (χ4v) is 5.27. The molecule has 2 aliphatic heterocycles. The summed E-state index contributed by atoms with van der Waals surface area (Å²) in [7, 11) is 0. The monoisotopic (exact) mass is 582 g/mol. The van der Waals surface area contributed by atoms with Crippen molar-refractivity contribution in [2.24, 2.45) is 5.10 Å². The maximum atomic E-state index is 14.7. The molecule has 0 aliphatic carbocycles. The normalized spacial score (nSPS) is 17.5. The predicted octanol–water partition coefficient (Wildman–Crippen LogP) is 5.28. The number of nitrogens with zero attached hydrogens (tertiary/aromatic N) is 4. The van der Waals surface area contributed by atoms with Crippen LogP contribution in [0.25, 0.3) is 0 Å². The number of hydrazone groups is 1. The highest BCUT2D eigenvalue weighted by Crippen LogP contribution is 2.34. The minimum Gasteiger partial charge on any atom is -0.379 e. The lowest BCUT2D eigenvalue weighted by atomic mass is 9.98. The second kappa shape index (κ2) is 12.9. The van der Waals surface area contributed by atoms with Crippen LogP contribution >= 0.6 is 23.2 Å². The molecule has 3 aromatic rings. The summed E-state index contributed by atoms with van der Waals surface area (Å²) in [5.74, 6) is -1.13. The lowest BCUT2D eigenvalue weighted by Crippen LogP contribution is -2.46. The number of benzene rings is 3. The van der Waals surface area contributed by atoms with Gasteiger partial charge in [-0.15, -0.1) is 0 Å². The molecule has 0 spiro atoms. The largest absolute Gasteiger partial charge is 0.379 e. The van der Waals surface area contributed by atoms with Crippen molar-refractivity contribution in [2.45, 2.75) is 12.5 Å². The van der Waals surface area contributed by atoms with Crippen LogP contribution < -0.4 is 0 Å². The smallest absolute Gasteiger partial charge is 0.262 e. The molecule has 1 saturated heterocycles. The molecule has 40 heavy (non-hydrogen) atoms. The summed E-state index contributed by atoms with van der Waals surface area (Å²) in [5.41, 5.74) is 1.94. The van der Waals surface area contributed by atoms with Crippen LogP contribution in [0.4, 0.5) is 4.39 Å². The summed E-state index contributed by atoms with van der Waals surface area (Å²) in [6, 6.07) is 19.8. The van der Waals surface area contributed by atoms with E-state index in [-0.39, 0.29) is 18.4 Å². The Hall–Kier alpha value is -3.30. The highest BCUT2D eigenvalue weighted by atomic mass is 35.5. The number of ether oxygens (including phenoxy) is 1. The molecule has 2 aliphatic rings. The quantitative estimate of drug-likeness (QED) is 0.362. The van der Waals surface area contributed by atoms with E-state index in [0.717, 1.165) is 18.7 Å². The molecule has 1 atom stereocenters. The molecule has 0 aromatic heterocycles. The van der Waals surface area contributed by atoms with E-state index in [1.807, 2.05) is 12.1 Å². The first-order valence-electron chi connectivity index (χ1n) is 13.1. The Kier molecular flexibility index (Phi) is 9.11. The zero-order valence-electron chi connectivity index (χ0n) is 21.8. The van der Waals surface area contributed by atoms with E-state index >= 15 is 0 Å². The summed E-state index contributed by atoms with van der Waals surface area (Å²) in [6.45, 7) is 3.44. The Morgan fingerprint density at radius 1 is 0.975 bits per heavy atom. The number of carbonyl (C=O) groups is 2. The van der Waals surface area contributed by atoms with Gasteiger partial charge in [0.1, 0.15) is 12.4 Å². The van der Waals surface area contributed by atoms with Gasteiger partial charge in [0.25, 0.3) is 11.8 Å². The zero-order chi connectivity index (χ0) is 28.1. The average molecular weight is 583 g/mol. The minimum atomic E-state index is -0.476. The van der Waals surface area contributed by atoms with Crippen LogP contribution in [0.5, 0.6) is 0 Å². The van der Waals surface area contributed by atoms with E-state index in [2.05, 4.69) is 10.0 Å². The number of rotatable bonds is 8. The summed E-state index contributed by atoms with van der Waals surface area (Å²) in [4.78, 5) is 31.2. The van der Waals surface area contributed by atoms with Crippen molar-refractivity contribution in [3.63, 3.8) is 0 Å². The van der Waals surface area contributed by atoms with Gasteiger partial charge in [0.05, 0.1) is 35.6 Å². The van der Waals surface area contributed by atoms with Crippen LogP contribution in [0.3, 0.4) is 0 Å². The minimum absolute atomic E-state index is 0.216. The molecule has 0 unspecified atom stereocenters. The topological polar surface area (TPSA) is 65.5 Å². The molecule has 0 bridgehead atoms. The molecular formula is C30H29Cl2FN4O3. The fourth-order valence-electron chi connectivity index (χ4n) is 4.92. The molecule has 208 valence electrons. The third-order valence-electron chi connectivity index (χ3n) is 7.11. The summed E-state index contributed by atoms with van der Waals surface area (Å²) in [5, 5.41) is 6.84. The Morgan fingerprint density at radius 2 is 1.68 bits per heavy atom. The van der Waals surface area contributed by atoms with E-state index in [4.69, 9.17) is 27.9 Å².